The Morgan fingerprint density at radius 3 is 1.00 bits per heavy atom. The van der Waals surface area contributed by atoms with Crippen molar-refractivity contribution in [1.82, 2.24) is 29.9 Å². The Labute approximate surface area is 619 Å². The van der Waals surface area contributed by atoms with Crippen LogP contribution in [0, 0.1) is 13.8 Å². The highest BCUT2D eigenvalue weighted by Gasteiger charge is 2.21. The lowest BCUT2D eigenvalue weighted by atomic mass is 9.95. The van der Waals surface area contributed by atoms with E-state index in [1.165, 1.54) is 25.2 Å². The van der Waals surface area contributed by atoms with Crippen molar-refractivity contribution in [2.45, 2.75) is 13.8 Å². The summed E-state index contributed by atoms with van der Waals surface area (Å²) in [5, 5.41) is 4.00. The monoisotopic (exact) mass is 1340 g/mol. The lowest BCUT2D eigenvalue weighted by Gasteiger charge is -2.10. The molecule has 6 nitrogen and oxygen atoms in total. The van der Waals surface area contributed by atoms with Crippen LogP contribution in [0.4, 0.5) is 0 Å². The Morgan fingerprint density at radius 2 is 0.550 bits per heavy atom. The lowest BCUT2D eigenvalue weighted by Crippen LogP contribution is -2.00. The largest absolute Gasteiger partial charge is 0.208 e. The molecule has 100 heavy (non-hydrogen) atoms. The topological polar surface area (TPSA) is 77.3 Å². The molecule has 0 saturated carbocycles. The van der Waals surface area contributed by atoms with Crippen LogP contribution in [0.3, 0.4) is 0 Å². The van der Waals surface area contributed by atoms with Gasteiger partial charge >= 0.3 is 0 Å². The molecule has 4 heterocycles. The Kier molecular flexibility index (Phi) is 11.2. The minimum Gasteiger partial charge on any atom is -0.208 e. The normalized spacial score (nSPS) is 14.4. The highest BCUT2D eigenvalue weighted by Crippen LogP contribution is 2.48. The SMILES string of the molecule is [2H]c1c([2H])c([2H])c(-c2nc(-c3c([2H])c([2H])c([2H])c(C)c3[2H])nc(-c3c([2H])c([2H])c([2H])c(-c4cccc5c4sc4c(-c6ccccc6)cc(-c6ccccc6)cc45)c3[2H])n2)c([2H])c1[2H].[2H]c1c([2H])c([2H])c(-c2nc(-c3cccc(-c4cccc5c4sc4c(-c6ccccc6)cc(-c6ccccc6)cc45)c3)nc(-c3c([2H])c([2H])c([2H])c(C)c3[2H])n2)c([2H])c1[2H]. The molecule has 8 heteroatoms. The van der Waals surface area contributed by atoms with Crippen molar-refractivity contribution in [3.63, 3.8) is 0 Å². The molecule has 0 bridgehead atoms. The van der Waals surface area contributed by atoms with Gasteiger partial charge < -0.3 is 0 Å². The van der Waals surface area contributed by atoms with Crippen molar-refractivity contribution in [2.75, 3.05) is 0 Å². The number of fused-ring (bicyclic) bond motifs is 6. The number of aromatic nitrogens is 6. The molecule has 18 rings (SSSR count). The number of thiophene rings is 2. The first-order valence-electron chi connectivity index (χ1n) is 42.8. The molecule has 0 spiro atoms. The predicted molar refractivity (Wildman–Crippen MR) is 420 cm³/mol. The summed E-state index contributed by atoms with van der Waals surface area (Å²) >= 11 is 3.18. The smallest absolute Gasteiger partial charge is 0.164 e. The van der Waals surface area contributed by atoms with Crippen molar-refractivity contribution in [3.05, 3.63) is 350 Å². The fourth-order valence-electron chi connectivity index (χ4n) is 12.2. The van der Waals surface area contributed by atoms with Crippen LogP contribution in [0.5, 0.6) is 0 Å². The molecule has 0 saturated heterocycles. The van der Waals surface area contributed by atoms with E-state index in [1.54, 1.807) is 29.5 Å². The first-order chi connectivity index (χ1) is 58.5. The summed E-state index contributed by atoms with van der Waals surface area (Å²) in [7, 11) is 0. The van der Waals surface area contributed by atoms with Crippen LogP contribution in [0.15, 0.2) is 339 Å². The molecule has 0 fully saturated rings. The standard InChI is InChI=1S/2C46H31N3S/c2*1-30-14-11-22-35(26-30)45-47-44(33-19-9-4-10-20-33)48-46(49-45)36-23-12-21-34(27-36)38-24-13-25-39-41-29-37(31-15-5-2-6-16-31)28-40(43(41)50-42(38)39)32-17-7-3-8-18-32/h2*2-29H,1H3/i4D,9D,10D,11D,12D,14D,19D,20D,21D,22D,23D,26D,27D;4D,9D,10D,11D,14D,19D,20D,22D,26D. The van der Waals surface area contributed by atoms with E-state index in [9.17, 15) is 2.74 Å². The Balaban J connectivity index is 0.000000174. The van der Waals surface area contributed by atoms with Gasteiger partial charge in [0.25, 0.3) is 0 Å². The maximum atomic E-state index is 9.74. The van der Waals surface area contributed by atoms with Crippen LogP contribution < -0.4 is 0 Å². The van der Waals surface area contributed by atoms with Gasteiger partial charge in [0.05, 0.1) is 30.2 Å². The molecule has 0 aliphatic heterocycles. The highest BCUT2D eigenvalue weighted by atomic mass is 32.1. The van der Waals surface area contributed by atoms with E-state index >= 15 is 0 Å². The summed E-state index contributed by atoms with van der Waals surface area (Å²) < 4.78 is 194. The summed E-state index contributed by atoms with van der Waals surface area (Å²) in [5.41, 5.74) is 9.82. The molecule has 472 valence electrons. The third kappa shape index (κ3) is 12.2. The maximum Gasteiger partial charge on any atom is 0.164 e. The molecule has 0 radical (unpaired) electrons. The fourth-order valence-corrected chi connectivity index (χ4v) is 14.9. The van der Waals surface area contributed by atoms with Crippen LogP contribution in [0.2, 0.25) is 0 Å². The van der Waals surface area contributed by atoms with Gasteiger partial charge in [-0.05, 0) is 118 Å². The van der Waals surface area contributed by atoms with E-state index in [4.69, 9.17) is 32.4 Å². The first-order valence-corrected chi connectivity index (χ1v) is 33.4. The minimum absolute atomic E-state index is 0.00997. The molecule has 4 aromatic heterocycles. The van der Waals surface area contributed by atoms with Crippen molar-refractivity contribution in [2.24, 2.45) is 0 Å². The minimum atomic E-state index is -0.695. The van der Waals surface area contributed by atoms with Crippen molar-refractivity contribution < 1.29 is 30.2 Å². The van der Waals surface area contributed by atoms with Crippen LogP contribution >= 0.6 is 22.7 Å². The lowest BCUT2D eigenvalue weighted by molar-refractivity contribution is 1.07. The first kappa shape index (κ1) is 41.6. The molecule has 0 aliphatic rings. The van der Waals surface area contributed by atoms with Crippen molar-refractivity contribution in [1.29, 1.82) is 0 Å². The van der Waals surface area contributed by atoms with Gasteiger partial charge in [0, 0.05) is 84.9 Å². The van der Waals surface area contributed by atoms with Crippen molar-refractivity contribution in [3.8, 4) is 135 Å². The molecular weight excluding hydrogens is 1250 g/mol. The Morgan fingerprint density at radius 1 is 0.220 bits per heavy atom. The molecular formula is C92H62N6S2. The summed E-state index contributed by atoms with van der Waals surface area (Å²) in [6.07, 6.45) is 0. The number of hydrogen-bond acceptors (Lipinski definition) is 8. The second-order valence-electron chi connectivity index (χ2n) is 23.3. The molecule has 14 aromatic carbocycles. The van der Waals surface area contributed by atoms with Gasteiger partial charge in [-0.2, -0.15) is 0 Å². The van der Waals surface area contributed by atoms with Crippen molar-refractivity contribution >= 4 is 63.0 Å². The van der Waals surface area contributed by atoms with E-state index in [2.05, 4.69) is 85.6 Å². The van der Waals surface area contributed by atoms with Gasteiger partial charge in [-0.25, -0.2) is 29.9 Å². The Hall–Kier alpha value is -12.5. The zero-order valence-corrected chi connectivity index (χ0v) is 54.8. The van der Waals surface area contributed by atoms with Crippen LogP contribution in [0.25, 0.3) is 175 Å². The van der Waals surface area contributed by atoms with E-state index in [-0.39, 0.29) is 80.6 Å². The quantitative estimate of drug-likeness (QED) is 0.121. The molecule has 0 unspecified atom stereocenters. The van der Waals surface area contributed by atoms with E-state index in [0.29, 0.717) is 15.8 Å². The van der Waals surface area contributed by atoms with Crippen LogP contribution in [-0.4, -0.2) is 29.9 Å². The number of nitrogens with zero attached hydrogens (tertiary/aromatic N) is 6. The third-order valence-electron chi connectivity index (χ3n) is 16.8. The third-order valence-corrected chi connectivity index (χ3v) is 19.4. The molecule has 0 atom stereocenters. The zero-order chi connectivity index (χ0) is 86.0. The zero-order valence-electron chi connectivity index (χ0n) is 75.1. The number of hydrogen-bond donors (Lipinski definition) is 0. The van der Waals surface area contributed by atoms with Gasteiger partial charge in [0.15, 0.2) is 34.9 Å². The summed E-state index contributed by atoms with van der Waals surface area (Å²) in [4.78, 5) is 27.3. The second-order valence-corrected chi connectivity index (χ2v) is 25.3. The highest BCUT2D eigenvalue weighted by molar-refractivity contribution is 7.27. The van der Waals surface area contributed by atoms with E-state index < -0.39 is 132 Å². The number of rotatable bonds is 12. The summed E-state index contributed by atoms with van der Waals surface area (Å²) in [6, 6.07) is 57.3. The average molecular weight is 1340 g/mol. The van der Waals surface area contributed by atoms with Gasteiger partial charge in [0.1, 0.15) is 0 Å². The van der Waals surface area contributed by atoms with E-state index in [0.717, 1.165) is 91.3 Å². The van der Waals surface area contributed by atoms with Gasteiger partial charge in [0.2, 0.25) is 0 Å². The van der Waals surface area contributed by atoms with Gasteiger partial charge in [-0.15, -0.1) is 22.7 Å². The Bertz CT molecular complexity index is 7150. The second kappa shape index (κ2) is 26.9. The van der Waals surface area contributed by atoms with Gasteiger partial charge in [-0.1, -0.05) is 302 Å². The van der Waals surface area contributed by atoms with Crippen LogP contribution in [0.1, 0.15) is 41.3 Å². The summed E-state index contributed by atoms with van der Waals surface area (Å²) in [5.74, 6) is -1.81. The average Bonchev–Trinajstić information content (AvgIpc) is 1.24. The molecule has 0 amide bonds. The summed E-state index contributed by atoms with van der Waals surface area (Å²) in [6.45, 7) is 2.92. The molecule has 0 aliphatic carbocycles. The molecule has 0 N–H and O–H groups in total. The maximum absolute atomic E-state index is 9.74. The predicted octanol–water partition coefficient (Wildman–Crippen LogP) is 25.1. The van der Waals surface area contributed by atoms with Gasteiger partial charge in [-0.3, -0.25) is 0 Å². The molecule has 18 aromatic rings. The fraction of sp³-hybridized carbons (Fsp3) is 0.0217. The van der Waals surface area contributed by atoms with E-state index in [1.807, 2.05) is 127 Å². The van der Waals surface area contributed by atoms with Crippen LogP contribution in [-0.2, 0) is 0 Å². The number of benzene rings is 14.